The molecule has 1 fully saturated rings. The van der Waals surface area contributed by atoms with Crippen molar-refractivity contribution < 1.29 is 43.2 Å². The van der Waals surface area contributed by atoms with E-state index in [1.54, 1.807) is 54.6 Å². The summed E-state index contributed by atoms with van der Waals surface area (Å²) in [7, 11) is 1.46. The number of carboxylic acids is 1. The first kappa shape index (κ1) is 23.7. The molecule has 2 N–H and O–H groups in total. The van der Waals surface area contributed by atoms with Crippen molar-refractivity contribution >= 4 is 29.1 Å². The molecule has 1 spiro atoms. The Kier molecular flexibility index (Phi) is 5.42. The van der Waals surface area contributed by atoms with Gasteiger partial charge in [0.1, 0.15) is 11.7 Å². The first-order valence-electron chi connectivity index (χ1n) is 11.8. The topological polar surface area (TPSA) is 137 Å². The highest BCUT2D eigenvalue weighted by Gasteiger charge is 2.71. The quantitative estimate of drug-likeness (QED) is 0.491. The molecule has 1 aliphatic carbocycles. The van der Waals surface area contributed by atoms with Crippen LogP contribution in [0.25, 0.3) is 0 Å². The van der Waals surface area contributed by atoms with Gasteiger partial charge in [0, 0.05) is 22.9 Å². The summed E-state index contributed by atoms with van der Waals surface area (Å²) in [5, 5.41) is 13.1. The van der Waals surface area contributed by atoms with Gasteiger partial charge in [-0.25, -0.2) is 0 Å². The molecule has 0 bridgehead atoms. The Bertz CT molecular complexity index is 1480. The maximum Gasteiger partial charge on any atom is 0.311 e. The normalized spacial score (nSPS) is 22.4. The van der Waals surface area contributed by atoms with Gasteiger partial charge in [-0.15, -0.1) is 0 Å². The van der Waals surface area contributed by atoms with E-state index in [0.29, 0.717) is 28.5 Å². The van der Waals surface area contributed by atoms with E-state index in [1.165, 1.54) is 19.2 Å². The van der Waals surface area contributed by atoms with Crippen LogP contribution in [0.2, 0.25) is 0 Å². The highest BCUT2D eigenvalue weighted by Crippen LogP contribution is 2.54. The van der Waals surface area contributed by atoms with Gasteiger partial charge in [0.05, 0.1) is 19.1 Å². The molecule has 1 saturated heterocycles. The third-order valence-corrected chi connectivity index (χ3v) is 7.16. The van der Waals surface area contributed by atoms with Gasteiger partial charge in [0.15, 0.2) is 11.5 Å². The van der Waals surface area contributed by atoms with Crippen LogP contribution in [0.1, 0.15) is 32.4 Å². The number of anilines is 1. The van der Waals surface area contributed by atoms with Gasteiger partial charge in [-0.3, -0.25) is 19.2 Å². The molecular weight excluding hydrogens is 494 g/mol. The highest BCUT2D eigenvalue weighted by atomic mass is 16.7. The van der Waals surface area contributed by atoms with Gasteiger partial charge in [-0.1, -0.05) is 36.4 Å². The zero-order valence-corrected chi connectivity index (χ0v) is 20.0. The minimum absolute atomic E-state index is 0.0372. The fourth-order valence-electron chi connectivity index (χ4n) is 5.46. The van der Waals surface area contributed by atoms with Crippen LogP contribution in [0.15, 0.2) is 66.7 Å². The predicted molar refractivity (Wildman–Crippen MR) is 130 cm³/mol. The number of ketones is 2. The molecule has 0 saturated carbocycles. The number of amides is 1. The summed E-state index contributed by atoms with van der Waals surface area (Å²) in [6.45, 7) is 0.0372. The van der Waals surface area contributed by atoms with Gasteiger partial charge in [-0.2, -0.15) is 0 Å². The van der Waals surface area contributed by atoms with Crippen LogP contribution in [-0.4, -0.2) is 48.1 Å². The Morgan fingerprint density at radius 1 is 0.947 bits per heavy atom. The number of hydrogen-bond acceptors (Lipinski definition) is 8. The molecule has 3 atom stereocenters. The number of ether oxygens (including phenoxy) is 4. The molecule has 6 rings (SSSR count). The molecule has 3 unspecified atom stereocenters. The first-order valence-corrected chi connectivity index (χ1v) is 11.8. The van der Waals surface area contributed by atoms with Gasteiger partial charge in [0.25, 0.3) is 0 Å². The van der Waals surface area contributed by atoms with Crippen molar-refractivity contribution in [3.8, 4) is 17.2 Å². The Hall–Kier alpha value is -4.70. The maximum atomic E-state index is 13.8. The van der Waals surface area contributed by atoms with Crippen molar-refractivity contribution in [1.29, 1.82) is 0 Å². The van der Waals surface area contributed by atoms with Gasteiger partial charge < -0.3 is 29.4 Å². The van der Waals surface area contributed by atoms with Crippen LogP contribution in [0.5, 0.6) is 17.2 Å². The Balaban J connectivity index is 1.47. The Morgan fingerprint density at radius 3 is 2.34 bits per heavy atom. The molecule has 10 nitrogen and oxygen atoms in total. The van der Waals surface area contributed by atoms with E-state index >= 15 is 0 Å². The van der Waals surface area contributed by atoms with Crippen molar-refractivity contribution in [3.63, 3.8) is 0 Å². The first-order chi connectivity index (χ1) is 18.3. The Labute approximate surface area is 216 Å². The van der Waals surface area contributed by atoms with Crippen LogP contribution in [0.3, 0.4) is 0 Å². The predicted octanol–water partition coefficient (Wildman–Crippen LogP) is 3.27. The maximum absolute atomic E-state index is 13.8. The van der Waals surface area contributed by atoms with Crippen LogP contribution in [0.4, 0.5) is 5.69 Å². The number of methoxy groups -OCH3 is 1. The molecule has 3 aromatic rings. The third kappa shape index (κ3) is 3.37. The SMILES string of the molecule is COc1cccc(C2OC3(C(=O)c4ccccc4C3=O)C(C(=O)O)C2C(=O)Nc2ccc3c(c2)OCO3)c1. The third-order valence-electron chi connectivity index (χ3n) is 7.16. The monoisotopic (exact) mass is 515 g/mol. The molecule has 1 amide bonds. The fourth-order valence-corrected chi connectivity index (χ4v) is 5.46. The number of carbonyl (C=O) groups is 4. The molecule has 10 heteroatoms. The van der Waals surface area contributed by atoms with Crippen molar-refractivity contribution in [1.82, 2.24) is 0 Å². The molecule has 2 heterocycles. The standard InChI is InChI=1S/C28H21NO9/c1-35-16-6-4-5-14(11-16)23-21(26(32)29-15-9-10-19-20(12-15)37-13-36-19)22(27(33)34)28(38-23)24(30)17-7-2-3-8-18(17)25(28)31/h2-12,21-23H,13H2,1H3,(H,29,32)(H,33,34). The number of benzene rings is 3. The molecule has 0 radical (unpaired) electrons. The van der Waals surface area contributed by atoms with E-state index < -0.39 is 47.0 Å². The number of Topliss-reactive ketones (excluding diaryl/α,β-unsaturated/α-hetero) is 2. The zero-order chi connectivity index (χ0) is 26.6. The lowest BCUT2D eigenvalue weighted by Gasteiger charge is -2.25. The smallest absolute Gasteiger partial charge is 0.311 e. The Morgan fingerprint density at radius 2 is 1.66 bits per heavy atom. The second-order valence-corrected chi connectivity index (χ2v) is 9.15. The summed E-state index contributed by atoms with van der Waals surface area (Å²) in [6.07, 6.45) is -1.25. The van der Waals surface area contributed by atoms with E-state index in [1.807, 2.05) is 0 Å². The van der Waals surface area contributed by atoms with Crippen molar-refractivity contribution in [2.75, 3.05) is 19.2 Å². The molecule has 3 aromatic carbocycles. The van der Waals surface area contributed by atoms with Gasteiger partial charge in [-0.05, 0) is 29.8 Å². The molecular formula is C28H21NO9. The van der Waals surface area contributed by atoms with Crippen LogP contribution in [0, 0.1) is 11.8 Å². The second kappa shape index (κ2) is 8.70. The van der Waals surface area contributed by atoms with E-state index in [9.17, 15) is 24.3 Å². The number of carbonyl (C=O) groups excluding carboxylic acids is 3. The molecule has 192 valence electrons. The van der Waals surface area contributed by atoms with E-state index in [-0.39, 0.29) is 17.9 Å². The molecule has 0 aromatic heterocycles. The molecule has 2 aliphatic heterocycles. The minimum Gasteiger partial charge on any atom is -0.497 e. The summed E-state index contributed by atoms with van der Waals surface area (Å²) < 4.78 is 22.1. The average Bonchev–Trinajstić information content (AvgIpc) is 3.60. The van der Waals surface area contributed by atoms with E-state index in [0.717, 1.165) is 0 Å². The number of aliphatic carboxylic acids is 1. The van der Waals surface area contributed by atoms with Crippen LogP contribution < -0.4 is 19.5 Å². The largest absolute Gasteiger partial charge is 0.497 e. The number of nitrogens with one attached hydrogen (secondary N) is 1. The lowest BCUT2D eigenvalue weighted by Crippen LogP contribution is -2.52. The van der Waals surface area contributed by atoms with Crippen molar-refractivity contribution in [3.05, 3.63) is 83.4 Å². The average molecular weight is 515 g/mol. The zero-order valence-electron chi connectivity index (χ0n) is 20.0. The van der Waals surface area contributed by atoms with Gasteiger partial charge >= 0.3 is 5.97 Å². The summed E-state index contributed by atoms with van der Waals surface area (Å²) in [5.74, 6) is -5.71. The van der Waals surface area contributed by atoms with Gasteiger partial charge in [0.2, 0.25) is 29.9 Å². The summed E-state index contributed by atoms with van der Waals surface area (Å²) in [4.78, 5) is 54.0. The molecule has 38 heavy (non-hydrogen) atoms. The van der Waals surface area contributed by atoms with Crippen molar-refractivity contribution in [2.45, 2.75) is 11.7 Å². The van der Waals surface area contributed by atoms with E-state index in [4.69, 9.17) is 18.9 Å². The lowest BCUT2D eigenvalue weighted by atomic mass is 9.75. The summed E-state index contributed by atoms with van der Waals surface area (Å²) in [5.41, 5.74) is -1.58. The number of hydrogen-bond donors (Lipinski definition) is 2. The minimum atomic E-state index is -2.40. The summed E-state index contributed by atoms with van der Waals surface area (Å²) in [6, 6.07) is 17.3. The second-order valence-electron chi connectivity index (χ2n) is 9.15. The fraction of sp³-hybridized carbons (Fsp3) is 0.214. The van der Waals surface area contributed by atoms with Crippen molar-refractivity contribution in [2.24, 2.45) is 11.8 Å². The number of rotatable bonds is 5. The number of carboxylic acid groups (broad SMARTS) is 1. The summed E-state index contributed by atoms with van der Waals surface area (Å²) >= 11 is 0. The van der Waals surface area contributed by atoms with Crippen LogP contribution in [-0.2, 0) is 14.3 Å². The van der Waals surface area contributed by atoms with Crippen LogP contribution >= 0.6 is 0 Å². The number of fused-ring (bicyclic) bond motifs is 2. The molecule has 3 aliphatic rings. The van der Waals surface area contributed by atoms with E-state index in [2.05, 4.69) is 5.32 Å². The lowest BCUT2D eigenvalue weighted by molar-refractivity contribution is -0.147. The highest BCUT2D eigenvalue weighted by molar-refractivity contribution is 6.34.